The molecule has 1 aliphatic rings. The van der Waals surface area contributed by atoms with Crippen molar-refractivity contribution in [2.75, 3.05) is 31.1 Å². The number of nitrogens with zero attached hydrogens (tertiary/aromatic N) is 4. The standard InChI is InChI=1S/C15H17BrN4/c16-14-4-2-13(3-5-14)12-19-8-10-20(11-9-19)15-17-6-1-7-18-15/h1-7H,8-12H2. The fraction of sp³-hybridized carbons (Fsp3) is 0.333. The van der Waals surface area contributed by atoms with Crippen LogP contribution in [0.5, 0.6) is 0 Å². The van der Waals surface area contributed by atoms with Gasteiger partial charge in [0.2, 0.25) is 5.95 Å². The zero-order chi connectivity index (χ0) is 13.8. The Labute approximate surface area is 127 Å². The van der Waals surface area contributed by atoms with Crippen molar-refractivity contribution < 1.29 is 0 Å². The lowest BCUT2D eigenvalue weighted by Crippen LogP contribution is -2.46. The number of hydrogen-bond donors (Lipinski definition) is 0. The van der Waals surface area contributed by atoms with Crippen molar-refractivity contribution in [1.29, 1.82) is 0 Å². The summed E-state index contributed by atoms with van der Waals surface area (Å²) in [6.07, 6.45) is 3.60. The lowest BCUT2D eigenvalue weighted by atomic mass is 10.2. The van der Waals surface area contributed by atoms with E-state index in [1.165, 1.54) is 5.56 Å². The van der Waals surface area contributed by atoms with Crippen LogP contribution in [-0.4, -0.2) is 41.0 Å². The lowest BCUT2D eigenvalue weighted by Gasteiger charge is -2.34. The number of hydrogen-bond acceptors (Lipinski definition) is 4. The number of piperazine rings is 1. The third-order valence-electron chi connectivity index (χ3n) is 3.53. The van der Waals surface area contributed by atoms with Crippen LogP contribution in [0.1, 0.15) is 5.56 Å². The molecule has 5 heteroatoms. The Bertz CT molecular complexity index is 536. The average Bonchev–Trinajstić information content (AvgIpc) is 2.51. The molecule has 0 unspecified atom stereocenters. The molecule has 0 saturated carbocycles. The maximum absolute atomic E-state index is 4.31. The highest BCUT2D eigenvalue weighted by atomic mass is 79.9. The lowest BCUT2D eigenvalue weighted by molar-refractivity contribution is 0.248. The first-order valence-electron chi connectivity index (χ1n) is 6.80. The molecule has 1 aliphatic heterocycles. The maximum atomic E-state index is 4.31. The molecule has 2 heterocycles. The van der Waals surface area contributed by atoms with E-state index in [2.05, 4.69) is 60.0 Å². The number of rotatable bonds is 3. The highest BCUT2D eigenvalue weighted by Gasteiger charge is 2.18. The molecule has 0 radical (unpaired) electrons. The molecule has 104 valence electrons. The van der Waals surface area contributed by atoms with Gasteiger partial charge < -0.3 is 4.90 Å². The Hall–Kier alpha value is -1.46. The molecule has 1 saturated heterocycles. The first-order valence-corrected chi connectivity index (χ1v) is 7.59. The molecule has 0 atom stereocenters. The quantitative estimate of drug-likeness (QED) is 0.864. The van der Waals surface area contributed by atoms with Crippen LogP contribution in [0.2, 0.25) is 0 Å². The van der Waals surface area contributed by atoms with Gasteiger partial charge in [0, 0.05) is 49.6 Å². The van der Waals surface area contributed by atoms with E-state index >= 15 is 0 Å². The fourth-order valence-corrected chi connectivity index (χ4v) is 2.67. The van der Waals surface area contributed by atoms with Crippen molar-refractivity contribution in [3.63, 3.8) is 0 Å². The normalized spacial score (nSPS) is 16.4. The molecule has 0 bridgehead atoms. The van der Waals surface area contributed by atoms with E-state index in [9.17, 15) is 0 Å². The highest BCUT2D eigenvalue weighted by molar-refractivity contribution is 9.10. The molecule has 0 spiro atoms. The molecule has 20 heavy (non-hydrogen) atoms. The van der Waals surface area contributed by atoms with E-state index in [4.69, 9.17) is 0 Å². The van der Waals surface area contributed by atoms with Gasteiger partial charge in [-0.15, -0.1) is 0 Å². The third kappa shape index (κ3) is 3.35. The highest BCUT2D eigenvalue weighted by Crippen LogP contribution is 2.15. The van der Waals surface area contributed by atoms with E-state index < -0.39 is 0 Å². The second kappa shape index (κ2) is 6.33. The number of benzene rings is 1. The number of halogens is 1. The van der Waals surface area contributed by atoms with Gasteiger partial charge in [0.1, 0.15) is 0 Å². The SMILES string of the molecule is Brc1ccc(CN2CCN(c3ncccn3)CC2)cc1. The Kier molecular flexibility index (Phi) is 4.28. The predicted octanol–water partition coefficient (Wildman–Crippen LogP) is 2.56. The first-order chi connectivity index (χ1) is 9.81. The van der Waals surface area contributed by atoms with Gasteiger partial charge in [-0.3, -0.25) is 4.90 Å². The monoisotopic (exact) mass is 332 g/mol. The molecule has 4 nitrogen and oxygen atoms in total. The van der Waals surface area contributed by atoms with E-state index in [-0.39, 0.29) is 0 Å². The summed E-state index contributed by atoms with van der Waals surface area (Å²) in [4.78, 5) is 13.3. The smallest absolute Gasteiger partial charge is 0.225 e. The minimum Gasteiger partial charge on any atom is -0.338 e. The van der Waals surface area contributed by atoms with Gasteiger partial charge in [0.25, 0.3) is 0 Å². The summed E-state index contributed by atoms with van der Waals surface area (Å²) in [5, 5.41) is 0. The molecular weight excluding hydrogens is 316 g/mol. The van der Waals surface area contributed by atoms with Crippen molar-refractivity contribution in [3.8, 4) is 0 Å². The zero-order valence-corrected chi connectivity index (χ0v) is 12.8. The van der Waals surface area contributed by atoms with Crippen LogP contribution in [0.4, 0.5) is 5.95 Å². The largest absolute Gasteiger partial charge is 0.338 e. The maximum Gasteiger partial charge on any atom is 0.225 e. The van der Waals surface area contributed by atoms with E-state index in [0.717, 1.165) is 43.1 Å². The third-order valence-corrected chi connectivity index (χ3v) is 4.06. The van der Waals surface area contributed by atoms with Gasteiger partial charge >= 0.3 is 0 Å². The van der Waals surface area contributed by atoms with Crippen molar-refractivity contribution in [2.24, 2.45) is 0 Å². The molecule has 1 aromatic heterocycles. The predicted molar refractivity (Wildman–Crippen MR) is 83.7 cm³/mol. The minimum atomic E-state index is 0.843. The van der Waals surface area contributed by atoms with Gasteiger partial charge in [-0.2, -0.15) is 0 Å². The van der Waals surface area contributed by atoms with Crippen molar-refractivity contribution in [3.05, 3.63) is 52.8 Å². The van der Waals surface area contributed by atoms with Crippen LogP contribution in [0, 0.1) is 0 Å². The number of aromatic nitrogens is 2. The van der Waals surface area contributed by atoms with E-state index in [1.54, 1.807) is 12.4 Å². The molecule has 3 rings (SSSR count). The summed E-state index contributed by atoms with van der Waals surface area (Å²) in [5.41, 5.74) is 1.36. The van der Waals surface area contributed by atoms with Gasteiger partial charge in [-0.1, -0.05) is 28.1 Å². The number of anilines is 1. The molecule has 1 fully saturated rings. The van der Waals surface area contributed by atoms with Crippen LogP contribution in [0.25, 0.3) is 0 Å². The van der Waals surface area contributed by atoms with Crippen LogP contribution in [0.3, 0.4) is 0 Å². The summed E-state index contributed by atoms with van der Waals surface area (Å²) < 4.78 is 1.13. The zero-order valence-electron chi connectivity index (χ0n) is 11.2. The molecule has 1 aromatic carbocycles. The first kappa shape index (κ1) is 13.5. The van der Waals surface area contributed by atoms with Crippen molar-refractivity contribution in [1.82, 2.24) is 14.9 Å². The van der Waals surface area contributed by atoms with Crippen LogP contribution in [0.15, 0.2) is 47.2 Å². The van der Waals surface area contributed by atoms with Crippen LogP contribution >= 0.6 is 15.9 Å². The van der Waals surface area contributed by atoms with Gasteiger partial charge in [0.05, 0.1) is 0 Å². The van der Waals surface area contributed by atoms with Gasteiger partial charge in [0.15, 0.2) is 0 Å². The Morgan fingerprint density at radius 1 is 0.950 bits per heavy atom. The average molecular weight is 333 g/mol. The Balaban J connectivity index is 1.55. The van der Waals surface area contributed by atoms with Crippen LogP contribution in [-0.2, 0) is 6.54 Å². The topological polar surface area (TPSA) is 32.3 Å². The van der Waals surface area contributed by atoms with Gasteiger partial charge in [-0.05, 0) is 23.8 Å². The molecule has 2 aromatic rings. The summed E-state index contributed by atoms with van der Waals surface area (Å²) in [5.74, 6) is 0.843. The van der Waals surface area contributed by atoms with Crippen LogP contribution < -0.4 is 4.90 Å². The second-order valence-electron chi connectivity index (χ2n) is 4.94. The van der Waals surface area contributed by atoms with Gasteiger partial charge in [-0.25, -0.2) is 9.97 Å². The Morgan fingerprint density at radius 2 is 1.60 bits per heavy atom. The summed E-state index contributed by atoms with van der Waals surface area (Å²) >= 11 is 3.47. The van der Waals surface area contributed by atoms with E-state index in [1.807, 2.05) is 6.07 Å². The van der Waals surface area contributed by atoms with Crippen molar-refractivity contribution in [2.45, 2.75) is 6.54 Å². The summed E-state index contributed by atoms with van der Waals surface area (Å²) in [6, 6.07) is 10.4. The summed E-state index contributed by atoms with van der Waals surface area (Å²) in [6.45, 7) is 5.08. The molecular formula is C15H17BrN4. The second-order valence-corrected chi connectivity index (χ2v) is 5.85. The minimum absolute atomic E-state index is 0.843. The van der Waals surface area contributed by atoms with Crippen molar-refractivity contribution >= 4 is 21.9 Å². The Morgan fingerprint density at radius 3 is 2.25 bits per heavy atom. The molecule has 0 aliphatic carbocycles. The fourth-order valence-electron chi connectivity index (χ4n) is 2.41. The van der Waals surface area contributed by atoms with E-state index in [0.29, 0.717) is 0 Å². The molecule has 0 amide bonds. The molecule has 0 N–H and O–H groups in total. The summed E-state index contributed by atoms with van der Waals surface area (Å²) in [7, 11) is 0.